The lowest BCUT2D eigenvalue weighted by Gasteiger charge is -2.22. The van der Waals surface area contributed by atoms with Crippen LogP contribution < -0.4 is 4.90 Å². The summed E-state index contributed by atoms with van der Waals surface area (Å²) in [6, 6.07) is 9.98. The second-order valence-corrected chi connectivity index (χ2v) is 5.25. The minimum absolute atomic E-state index is 0.0394. The first-order chi connectivity index (χ1) is 11.2. The standard InChI is InChI=1S/C18H24N4O/c1-4-21(5-2)18-19-12-16(13-20-18)17(23)22(6-3)14-15-10-8-7-9-11-15/h7-13H,4-6,14H2,1-3H3. The Balaban J connectivity index is 2.11. The lowest BCUT2D eigenvalue weighted by atomic mass is 10.2. The van der Waals surface area contributed by atoms with Crippen LogP contribution in [0.2, 0.25) is 0 Å². The van der Waals surface area contributed by atoms with E-state index in [9.17, 15) is 4.79 Å². The van der Waals surface area contributed by atoms with Crippen molar-refractivity contribution in [2.45, 2.75) is 27.3 Å². The van der Waals surface area contributed by atoms with Crippen molar-refractivity contribution in [3.05, 3.63) is 53.9 Å². The molecule has 0 saturated carbocycles. The maximum atomic E-state index is 12.6. The van der Waals surface area contributed by atoms with Gasteiger partial charge in [-0.25, -0.2) is 9.97 Å². The number of nitrogens with zero attached hydrogens (tertiary/aromatic N) is 4. The van der Waals surface area contributed by atoms with Gasteiger partial charge in [-0.05, 0) is 26.3 Å². The van der Waals surface area contributed by atoms with Crippen LogP contribution in [0.4, 0.5) is 5.95 Å². The molecule has 0 atom stereocenters. The largest absolute Gasteiger partial charge is 0.341 e. The Labute approximate surface area is 138 Å². The number of hydrogen-bond donors (Lipinski definition) is 0. The van der Waals surface area contributed by atoms with Gasteiger partial charge in [0.25, 0.3) is 5.91 Å². The first kappa shape index (κ1) is 16.9. The summed E-state index contributed by atoms with van der Waals surface area (Å²) in [5.41, 5.74) is 1.64. The molecule has 0 aliphatic carbocycles. The molecule has 1 aromatic heterocycles. The number of rotatable bonds is 7. The van der Waals surface area contributed by atoms with Crippen molar-refractivity contribution in [1.29, 1.82) is 0 Å². The monoisotopic (exact) mass is 312 g/mol. The van der Waals surface area contributed by atoms with Gasteiger partial charge in [-0.2, -0.15) is 0 Å². The number of anilines is 1. The Morgan fingerprint density at radius 3 is 2.09 bits per heavy atom. The Morgan fingerprint density at radius 1 is 0.957 bits per heavy atom. The third kappa shape index (κ3) is 4.28. The van der Waals surface area contributed by atoms with Gasteiger partial charge in [0.1, 0.15) is 0 Å². The highest BCUT2D eigenvalue weighted by Crippen LogP contribution is 2.11. The summed E-state index contributed by atoms with van der Waals surface area (Å²) in [4.78, 5) is 25.1. The molecule has 0 N–H and O–H groups in total. The summed E-state index contributed by atoms with van der Waals surface area (Å²) < 4.78 is 0. The van der Waals surface area contributed by atoms with Crippen LogP contribution in [0.1, 0.15) is 36.7 Å². The molecule has 5 heteroatoms. The molecule has 0 bridgehead atoms. The van der Waals surface area contributed by atoms with Crippen molar-refractivity contribution in [2.24, 2.45) is 0 Å². The summed E-state index contributed by atoms with van der Waals surface area (Å²) in [6.07, 6.45) is 3.24. The summed E-state index contributed by atoms with van der Waals surface area (Å²) in [5.74, 6) is 0.625. The van der Waals surface area contributed by atoms with Crippen LogP contribution in [-0.4, -0.2) is 40.4 Å². The Kier molecular flexibility index (Phi) is 6.09. The quantitative estimate of drug-likeness (QED) is 0.788. The minimum atomic E-state index is -0.0394. The van der Waals surface area contributed by atoms with Gasteiger partial charge in [0, 0.05) is 38.6 Å². The summed E-state index contributed by atoms with van der Waals surface area (Å²) in [7, 11) is 0. The van der Waals surface area contributed by atoms with Gasteiger partial charge in [-0.1, -0.05) is 30.3 Å². The molecule has 0 aliphatic heterocycles. The van der Waals surface area contributed by atoms with Gasteiger partial charge in [-0.15, -0.1) is 0 Å². The van der Waals surface area contributed by atoms with Crippen molar-refractivity contribution in [3.63, 3.8) is 0 Å². The lowest BCUT2D eigenvalue weighted by molar-refractivity contribution is 0.0751. The highest BCUT2D eigenvalue weighted by atomic mass is 16.2. The lowest BCUT2D eigenvalue weighted by Crippen LogP contribution is -2.31. The Bertz CT molecular complexity index is 609. The first-order valence-corrected chi connectivity index (χ1v) is 8.09. The maximum absolute atomic E-state index is 12.6. The SMILES string of the molecule is CCN(Cc1ccccc1)C(=O)c1cnc(N(CC)CC)nc1. The summed E-state index contributed by atoms with van der Waals surface area (Å²) >= 11 is 0. The normalized spacial score (nSPS) is 10.4. The summed E-state index contributed by atoms with van der Waals surface area (Å²) in [6.45, 7) is 9.03. The van der Waals surface area contributed by atoms with E-state index in [0.717, 1.165) is 18.7 Å². The molecular formula is C18H24N4O. The predicted molar refractivity (Wildman–Crippen MR) is 92.4 cm³/mol. The van der Waals surface area contributed by atoms with Crippen molar-refractivity contribution in [1.82, 2.24) is 14.9 Å². The van der Waals surface area contributed by atoms with Crippen molar-refractivity contribution < 1.29 is 4.79 Å². The van der Waals surface area contributed by atoms with E-state index in [0.29, 0.717) is 24.6 Å². The molecule has 0 unspecified atom stereocenters. The van der Waals surface area contributed by atoms with Crippen molar-refractivity contribution in [2.75, 3.05) is 24.5 Å². The molecule has 122 valence electrons. The number of carbonyl (C=O) groups is 1. The van der Waals surface area contributed by atoms with E-state index in [2.05, 4.69) is 28.7 Å². The zero-order valence-corrected chi connectivity index (χ0v) is 14.1. The number of aromatic nitrogens is 2. The first-order valence-electron chi connectivity index (χ1n) is 8.09. The smallest absolute Gasteiger partial charge is 0.257 e. The number of hydrogen-bond acceptors (Lipinski definition) is 4. The molecule has 0 fully saturated rings. The molecular weight excluding hydrogens is 288 g/mol. The van der Waals surface area contributed by atoms with E-state index >= 15 is 0 Å². The molecule has 2 aromatic rings. The molecule has 1 aromatic carbocycles. The molecule has 2 rings (SSSR count). The number of benzene rings is 1. The van der Waals surface area contributed by atoms with Crippen molar-refractivity contribution in [3.8, 4) is 0 Å². The highest BCUT2D eigenvalue weighted by molar-refractivity contribution is 5.93. The molecule has 0 radical (unpaired) electrons. The molecule has 1 amide bonds. The second kappa shape index (κ2) is 8.27. The van der Waals surface area contributed by atoms with E-state index in [4.69, 9.17) is 0 Å². The van der Waals surface area contributed by atoms with E-state index in [1.807, 2.05) is 37.3 Å². The average Bonchev–Trinajstić information content (AvgIpc) is 2.61. The van der Waals surface area contributed by atoms with Crippen LogP contribution in [0.15, 0.2) is 42.7 Å². The third-order valence-corrected chi connectivity index (χ3v) is 3.82. The van der Waals surface area contributed by atoms with Crippen LogP contribution in [-0.2, 0) is 6.54 Å². The number of carbonyl (C=O) groups excluding carboxylic acids is 1. The second-order valence-electron chi connectivity index (χ2n) is 5.25. The Hall–Kier alpha value is -2.43. The van der Waals surface area contributed by atoms with Gasteiger partial charge >= 0.3 is 0 Å². The van der Waals surface area contributed by atoms with Crippen LogP contribution in [0, 0.1) is 0 Å². The zero-order chi connectivity index (χ0) is 16.7. The van der Waals surface area contributed by atoms with Crippen LogP contribution >= 0.6 is 0 Å². The fourth-order valence-electron chi connectivity index (χ4n) is 2.42. The van der Waals surface area contributed by atoms with Gasteiger partial charge in [0.2, 0.25) is 5.95 Å². The summed E-state index contributed by atoms with van der Waals surface area (Å²) in [5, 5.41) is 0. The van der Waals surface area contributed by atoms with Gasteiger partial charge in [0.05, 0.1) is 5.56 Å². The minimum Gasteiger partial charge on any atom is -0.341 e. The molecule has 5 nitrogen and oxygen atoms in total. The molecule has 0 aliphatic rings. The highest BCUT2D eigenvalue weighted by Gasteiger charge is 2.16. The average molecular weight is 312 g/mol. The third-order valence-electron chi connectivity index (χ3n) is 3.82. The zero-order valence-electron chi connectivity index (χ0n) is 14.1. The van der Waals surface area contributed by atoms with Crippen molar-refractivity contribution >= 4 is 11.9 Å². The van der Waals surface area contributed by atoms with E-state index in [-0.39, 0.29) is 5.91 Å². The van der Waals surface area contributed by atoms with Gasteiger partial charge in [0.15, 0.2) is 0 Å². The topological polar surface area (TPSA) is 49.3 Å². The molecule has 0 spiro atoms. The van der Waals surface area contributed by atoms with Gasteiger partial charge < -0.3 is 9.80 Å². The van der Waals surface area contributed by atoms with E-state index in [1.165, 1.54) is 0 Å². The molecule has 1 heterocycles. The fraction of sp³-hybridized carbons (Fsp3) is 0.389. The van der Waals surface area contributed by atoms with E-state index in [1.54, 1.807) is 17.3 Å². The van der Waals surface area contributed by atoms with Crippen LogP contribution in [0.3, 0.4) is 0 Å². The Morgan fingerprint density at radius 2 is 1.57 bits per heavy atom. The van der Waals surface area contributed by atoms with Crippen LogP contribution in [0.5, 0.6) is 0 Å². The molecule has 23 heavy (non-hydrogen) atoms. The maximum Gasteiger partial charge on any atom is 0.257 e. The fourth-order valence-corrected chi connectivity index (χ4v) is 2.42. The number of amides is 1. The van der Waals surface area contributed by atoms with Gasteiger partial charge in [-0.3, -0.25) is 4.79 Å². The molecule has 0 saturated heterocycles. The van der Waals surface area contributed by atoms with E-state index < -0.39 is 0 Å². The predicted octanol–water partition coefficient (Wildman–Crippen LogP) is 2.99. The van der Waals surface area contributed by atoms with Crippen LogP contribution in [0.25, 0.3) is 0 Å².